The Labute approximate surface area is 101 Å². The van der Waals surface area contributed by atoms with E-state index in [4.69, 9.17) is 0 Å². The second-order valence-corrected chi connectivity index (χ2v) is 5.24. The van der Waals surface area contributed by atoms with Crippen LogP contribution >= 0.6 is 22.7 Å². The molecule has 2 aromatic heterocycles. The molecule has 0 spiro atoms. The lowest BCUT2D eigenvalue weighted by Crippen LogP contribution is -1.67. The summed E-state index contributed by atoms with van der Waals surface area (Å²) in [6.07, 6.45) is 5.95. The molecule has 0 aliphatic heterocycles. The van der Waals surface area contributed by atoms with E-state index in [1.165, 1.54) is 4.70 Å². The van der Waals surface area contributed by atoms with Gasteiger partial charge in [0.25, 0.3) is 0 Å². The van der Waals surface area contributed by atoms with Gasteiger partial charge in [0.05, 0.1) is 15.7 Å². The number of para-hydroxylation sites is 1. The largest absolute Gasteiger partial charge is 0.253 e. The number of nitrogens with zero attached hydrogens (tertiary/aromatic N) is 2. The zero-order valence-corrected chi connectivity index (χ0v) is 9.96. The van der Waals surface area contributed by atoms with E-state index < -0.39 is 0 Å². The lowest BCUT2D eigenvalue weighted by atomic mass is 10.3. The summed E-state index contributed by atoms with van der Waals surface area (Å²) in [5.41, 5.74) is 2.90. The zero-order chi connectivity index (χ0) is 10.8. The summed E-state index contributed by atoms with van der Waals surface area (Å²) in [7, 11) is 0. The molecule has 4 heteroatoms. The molecule has 0 saturated carbocycles. The molecule has 0 bridgehead atoms. The van der Waals surface area contributed by atoms with Gasteiger partial charge in [-0.25, -0.2) is 4.98 Å². The molecule has 0 aliphatic rings. The third-order valence-corrected chi connectivity index (χ3v) is 3.89. The van der Waals surface area contributed by atoms with E-state index in [1.54, 1.807) is 22.7 Å². The Morgan fingerprint density at radius 2 is 2.06 bits per heavy atom. The predicted octanol–water partition coefficient (Wildman–Crippen LogP) is 3.92. The Balaban J connectivity index is 1.95. The molecule has 0 atom stereocenters. The Bertz CT molecular complexity index is 590. The molecule has 3 aromatic rings. The summed E-state index contributed by atoms with van der Waals surface area (Å²) in [6, 6.07) is 8.18. The lowest BCUT2D eigenvalue weighted by Gasteiger charge is -1.81. The highest BCUT2D eigenvalue weighted by Crippen LogP contribution is 2.23. The van der Waals surface area contributed by atoms with Crippen molar-refractivity contribution >= 4 is 45.0 Å². The van der Waals surface area contributed by atoms with Crippen LogP contribution in [0.15, 0.2) is 36.0 Å². The number of fused-ring (bicyclic) bond motifs is 1. The minimum atomic E-state index is 1.04. The fourth-order valence-corrected chi connectivity index (χ4v) is 2.80. The fraction of sp³-hybridized carbons (Fsp3) is 0. The molecule has 0 unspecified atom stereocenters. The normalized spacial score (nSPS) is 11.5. The summed E-state index contributed by atoms with van der Waals surface area (Å²) in [6.45, 7) is 0. The van der Waals surface area contributed by atoms with Crippen molar-refractivity contribution in [3.05, 3.63) is 45.9 Å². The van der Waals surface area contributed by atoms with Gasteiger partial charge in [0.15, 0.2) is 0 Å². The first-order valence-electron chi connectivity index (χ1n) is 4.84. The number of hydrogen-bond acceptors (Lipinski definition) is 4. The summed E-state index contributed by atoms with van der Waals surface area (Å²) in [5.74, 6) is 0. The first kappa shape index (κ1) is 9.69. The van der Waals surface area contributed by atoms with Crippen LogP contribution in [-0.4, -0.2) is 9.97 Å². The third kappa shape index (κ3) is 1.89. The van der Waals surface area contributed by atoms with Crippen molar-refractivity contribution in [1.82, 2.24) is 9.97 Å². The molecular formula is C12H8N2S2. The maximum absolute atomic E-state index is 4.53. The zero-order valence-electron chi connectivity index (χ0n) is 8.33. The summed E-state index contributed by atoms with van der Waals surface area (Å²) >= 11 is 3.33. The van der Waals surface area contributed by atoms with Gasteiger partial charge >= 0.3 is 0 Å². The first-order chi connectivity index (χ1) is 7.92. The average Bonchev–Trinajstić information content (AvgIpc) is 2.95. The minimum Gasteiger partial charge on any atom is -0.253 e. The smallest absolute Gasteiger partial charge is 0.117 e. The van der Waals surface area contributed by atoms with Gasteiger partial charge in [-0.2, -0.15) is 0 Å². The van der Waals surface area contributed by atoms with Crippen molar-refractivity contribution in [3.63, 3.8) is 0 Å². The van der Waals surface area contributed by atoms with Crippen LogP contribution in [0.4, 0.5) is 0 Å². The number of thiazole rings is 2. The standard InChI is InChI=1S/C12H8N2S2/c1-2-4-11-10(3-1)14-12(16-11)6-5-9-7-13-8-15-9/h1-8H/b6-5+. The van der Waals surface area contributed by atoms with E-state index in [1.807, 2.05) is 36.0 Å². The molecule has 3 rings (SSSR count). The number of rotatable bonds is 2. The maximum Gasteiger partial charge on any atom is 0.117 e. The second-order valence-electron chi connectivity index (χ2n) is 3.26. The third-order valence-electron chi connectivity index (χ3n) is 2.15. The van der Waals surface area contributed by atoms with Crippen molar-refractivity contribution < 1.29 is 0 Å². The summed E-state index contributed by atoms with van der Waals surface area (Å²) < 4.78 is 1.23. The van der Waals surface area contributed by atoms with Gasteiger partial charge in [-0.15, -0.1) is 22.7 Å². The average molecular weight is 244 g/mol. The van der Waals surface area contributed by atoms with E-state index in [2.05, 4.69) is 22.1 Å². The molecule has 0 aliphatic carbocycles. The van der Waals surface area contributed by atoms with Crippen molar-refractivity contribution in [2.24, 2.45) is 0 Å². The Morgan fingerprint density at radius 1 is 1.12 bits per heavy atom. The van der Waals surface area contributed by atoms with Gasteiger partial charge in [-0.3, -0.25) is 4.98 Å². The lowest BCUT2D eigenvalue weighted by molar-refractivity contribution is 1.42. The van der Waals surface area contributed by atoms with Crippen molar-refractivity contribution in [2.75, 3.05) is 0 Å². The van der Waals surface area contributed by atoms with Gasteiger partial charge in [0.2, 0.25) is 0 Å². The number of aromatic nitrogens is 2. The molecule has 78 valence electrons. The Morgan fingerprint density at radius 3 is 2.88 bits per heavy atom. The Kier molecular flexibility index (Phi) is 2.52. The number of benzene rings is 1. The van der Waals surface area contributed by atoms with Crippen LogP contribution in [0.5, 0.6) is 0 Å². The highest BCUT2D eigenvalue weighted by molar-refractivity contribution is 7.19. The fourth-order valence-electron chi connectivity index (χ4n) is 1.42. The molecule has 1 aromatic carbocycles. The van der Waals surface area contributed by atoms with E-state index in [-0.39, 0.29) is 0 Å². The monoisotopic (exact) mass is 244 g/mol. The quantitative estimate of drug-likeness (QED) is 0.682. The molecular weight excluding hydrogens is 236 g/mol. The van der Waals surface area contributed by atoms with Crippen molar-refractivity contribution in [1.29, 1.82) is 0 Å². The SMILES string of the molecule is C(=C\c1nc2ccccc2s1)/c1cncs1. The Hall–Kier alpha value is -1.52. The van der Waals surface area contributed by atoms with Crippen LogP contribution in [0.1, 0.15) is 9.88 Å². The van der Waals surface area contributed by atoms with E-state index in [0.29, 0.717) is 0 Å². The van der Waals surface area contributed by atoms with E-state index >= 15 is 0 Å². The van der Waals surface area contributed by atoms with Crippen LogP contribution in [-0.2, 0) is 0 Å². The molecule has 0 N–H and O–H groups in total. The summed E-state index contributed by atoms with van der Waals surface area (Å²) in [5, 5.41) is 1.04. The van der Waals surface area contributed by atoms with Crippen LogP contribution in [0.25, 0.3) is 22.4 Å². The van der Waals surface area contributed by atoms with Gasteiger partial charge in [0, 0.05) is 11.1 Å². The maximum atomic E-state index is 4.53. The van der Waals surface area contributed by atoms with E-state index in [9.17, 15) is 0 Å². The van der Waals surface area contributed by atoms with Gasteiger partial charge < -0.3 is 0 Å². The molecule has 0 radical (unpaired) electrons. The predicted molar refractivity (Wildman–Crippen MR) is 70.7 cm³/mol. The highest BCUT2D eigenvalue weighted by Gasteiger charge is 1.99. The highest BCUT2D eigenvalue weighted by atomic mass is 32.1. The van der Waals surface area contributed by atoms with E-state index in [0.717, 1.165) is 15.4 Å². The van der Waals surface area contributed by atoms with Crippen molar-refractivity contribution in [2.45, 2.75) is 0 Å². The van der Waals surface area contributed by atoms with Gasteiger partial charge in [0.1, 0.15) is 5.01 Å². The van der Waals surface area contributed by atoms with Crippen LogP contribution < -0.4 is 0 Å². The van der Waals surface area contributed by atoms with Gasteiger partial charge in [-0.1, -0.05) is 12.1 Å². The first-order valence-corrected chi connectivity index (χ1v) is 6.53. The molecule has 16 heavy (non-hydrogen) atoms. The number of hydrogen-bond donors (Lipinski definition) is 0. The molecule has 0 saturated heterocycles. The van der Waals surface area contributed by atoms with Gasteiger partial charge in [-0.05, 0) is 24.3 Å². The minimum absolute atomic E-state index is 1.04. The molecule has 2 nitrogen and oxygen atoms in total. The topological polar surface area (TPSA) is 25.8 Å². The van der Waals surface area contributed by atoms with Crippen molar-refractivity contribution in [3.8, 4) is 0 Å². The molecule has 0 fully saturated rings. The second kappa shape index (κ2) is 4.15. The van der Waals surface area contributed by atoms with Crippen LogP contribution in [0, 0.1) is 0 Å². The summed E-state index contributed by atoms with van der Waals surface area (Å²) in [4.78, 5) is 9.71. The molecule has 2 heterocycles. The van der Waals surface area contributed by atoms with Crippen LogP contribution in [0.3, 0.4) is 0 Å². The van der Waals surface area contributed by atoms with Crippen LogP contribution in [0.2, 0.25) is 0 Å². The molecule has 0 amide bonds.